The Labute approximate surface area is 121 Å². The summed E-state index contributed by atoms with van der Waals surface area (Å²) in [6, 6.07) is 16.5. The van der Waals surface area contributed by atoms with Crippen LogP contribution >= 0.6 is 0 Å². The first kappa shape index (κ1) is 14.4. The van der Waals surface area contributed by atoms with E-state index in [0.717, 1.165) is 37.4 Å². The fourth-order valence-electron chi connectivity index (χ4n) is 2.17. The normalized spacial score (nSPS) is 10.3. The van der Waals surface area contributed by atoms with E-state index in [0.29, 0.717) is 0 Å². The Morgan fingerprint density at radius 2 is 1.80 bits per heavy atom. The molecule has 2 aromatic rings. The van der Waals surface area contributed by atoms with Crippen LogP contribution in [-0.2, 0) is 12.8 Å². The van der Waals surface area contributed by atoms with Gasteiger partial charge in [0.2, 0.25) is 0 Å². The summed E-state index contributed by atoms with van der Waals surface area (Å²) in [5.74, 6) is 1.93. The fourth-order valence-corrected chi connectivity index (χ4v) is 2.17. The summed E-state index contributed by atoms with van der Waals surface area (Å²) in [6.45, 7) is 2.90. The molecule has 2 rings (SSSR count). The number of hydrogen-bond acceptors (Lipinski definition) is 2. The SMILES string of the molecule is CCCOc1ccccc1CCc1cccc(OC)c1. The maximum Gasteiger partial charge on any atom is 0.122 e. The third kappa shape index (κ3) is 4.02. The van der Waals surface area contributed by atoms with Crippen LogP contribution in [0.15, 0.2) is 48.5 Å². The number of benzene rings is 2. The maximum absolute atomic E-state index is 5.79. The lowest BCUT2D eigenvalue weighted by molar-refractivity contribution is 0.314. The minimum Gasteiger partial charge on any atom is -0.497 e. The lowest BCUT2D eigenvalue weighted by atomic mass is 10.0. The molecule has 0 spiro atoms. The molecule has 0 bridgehead atoms. The van der Waals surface area contributed by atoms with Crippen molar-refractivity contribution >= 4 is 0 Å². The van der Waals surface area contributed by atoms with Crippen molar-refractivity contribution in [3.63, 3.8) is 0 Å². The van der Waals surface area contributed by atoms with Gasteiger partial charge in [-0.15, -0.1) is 0 Å². The van der Waals surface area contributed by atoms with Crippen LogP contribution in [0.5, 0.6) is 11.5 Å². The zero-order valence-electron chi connectivity index (χ0n) is 12.3. The molecule has 2 heteroatoms. The number of aryl methyl sites for hydroxylation is 2. The summed E-state index contributed by atoms with van der Waals surface area (Å²) >= 11 is 0. The Morgan fingerprint density at radius 1 is 0.950 bits per heavy atom. The minimum absolute atomic E-state index is 0.774. The van der Waals surface area contributed by atoms with Crippen molar-refractivity contribution in [3.05, 3.63) is 59.7 Å². The van der Waals surface area contributed by atoms with Gasteiger partial charge in [-0.1, -0.05) is 37.3 Å². The highest BCUT2D eigenvalue weighted by Gasteiger charge is 2.04. The third-order valence-corrected chi connectivity index (χ3v) is 3.25. The second-order valence-corrected chi connectivity index (χ2v) is 4.81. The molecule has 20 heavy (non-hydrogen) atoms. The molecule has 0 atom stereocenters. The Hall–Kier alpha value is -1.96. The molecule has 0 heterocycles. The summed E-state index contributed by atoms with van der Waals surface area (Å²) in [5.41, 5.74) is 2.55. The topological polar surface area (TPSA) is 18.5 Å². The van der Waals surface area contributed by atoms with E-state index in [1.807, 2.05) is 18.2 Å². The average Bonchev–Trinajstić information content (AvgIpc) is 2.52. The lowest BCUT2D eigenvalue weighted by Gasteiger charge is -2.11. The molecule has 0 aromatic heterocycles. The summed E-state index contributed by atoms with van der Waals surface area (Å²) < 4.78 is 11.1. The summed E-state index contributed by atoms with van der Waals surface area (Å²) in [6.07, 6.45) is 3.00. The predicted molar refractivity (Wildman–Crippen MR) is 82.6 cm³/mol. The Bertz CT molecular complexity index is 534. The van der Waals surface area contributed by atoms with Crippen LogP contribution in [0.25, 0.3) is 0 Å². The fraction of sp³-hybridized carbons (Fsp3) is 0.333. The number of hydrogen-bond donors (Lipinski definition) is 0. The first-order chi connectivity index (χ1) is 9.83. The molecule has 0 N–H and O–H groups in total. The molecule has 0 aliphatic heterocycles. The van der Waals surface area contributed by atoms with Crippen molar-refractivity contribution in [2.75, 3.05) is 13.7 Å². The first-order valence-electron chi connectivity index (χ1n) is 7.17. The van der Waals surface area contributed by atoms with Gasteiger partial charge in [-0.05, 0) is 48.6 Å². The van der Waals surface area contributed by atoms with Gasteiger partial charge in [-0.3, -0.25) is 0 Å². The molecule has 0 radical (unpaired) electrons. The zero-order chi connectivity index (χ0) is 14.2. The summed E-state index contributed by atoms with van der Waals surface area (Å²) in [4.78, 5) is 0. The van der Waals surface area contributed by atoms with Crippen molar-refractivity contribution < 1.29 is 9.47 Å². The highest BCUT2D eigenvalue weighted by atomic mass is 16.5. The van der Waals surface area contributed by atoms with Crippen LogP contribution in [0.2, 0.25) is 0 Å². The van der Waals surface area contributed by atoms with Gasteiger partial charge in [0.25, 0.3) is 0 Å². The van der Waals surface area contributed by atoms with Gasteiger partial charge in [0, 0.05) is 0 Å². The molecule has 0 saturated carbocycles. The number of rotatable bonds is 7. The van der Waals surface area contributed by atoms with Crippen LogP contribution in [0.3, 0.4) is 0 Å². The standard InChI is InChI=1S/C18H22O2/c1-3-13-20-18-10-5-4-8-16(18)12-11-15-7-6-9-17(14-15)19-2/h4-10,14H,3,11-13H2,1-2H3. The molecular formula is C18H22O2. The Balaban J connectivity index is 2.02. The van der Waals surface area contributed by atoms with E-state index in [2.05, 4.69) is 37.3 Å². The Kier molecular flexibility index (Phi) is 5.48. The number of methoxy groups -OCH3 is 1. The van der Waals surface area contributed by atoms with Crippen molar-refractivity contribution in [1.82, 2.24) is 0 Å². The van der Waals surface area contributed by atoms with E-state index in [-0.39, 0.29) is 0 Å². The first-order valence-corrected chi connectivity index (χ1v) is 7.17. The van der Waals surface area contributed by atoms with E-state index in [4.69, 9.17) is 9.47 Å². The van der Waals surface area contributed by atoms with E-state index < -0.39 is 0 Å². The maximum atomic E-state index is 5.79. The largest absolute Gasteiger partial charge is 0.497 e. The number of para-hydroxylation sites is 1. The summed E-state index contributed by atoms with van der Waals surface area (Å²) in [5, 5.41) is 0. The molecule has 0 saturated heterocycles. The molecule has 2 nitrogen and oxygen atoms in total. The van der Waals surface area contributed by atoms with E-state index in [1.54, 1.807) is 7.11 Å². The van der Waals surface area contributed by atoms with Gasteiger partial charge in [0.05, 0.1) is 13.7 Å². The molecule has 0 amide bonds. The van der Waals surface area contributed by atoms with Crippen LogP contribution in [0.4, 0.5) is 0 Å². The minimum atomic E-state index is 0.774. The zero-order valence-corrected chi connectivity index (χ0v) is 12.3. The van der Waals surface area contributed by atoms with Crippen molar-refractivity contribution in [3.8, 4) is 11.5 Å². The molecule has 0 fully saturated rings. The quantitative estimate of drug-likeness (QED) is 0.748. The van der Waals surface area contributed by atoms with Crippen LogP contribution < -0.4 is 9.47 Å². The van der Waals surface area contributed by atoms with Crippen molar-refractivity contribution in [1.29, 1.82) is 0 Å². The molecule has 2 aromatic carbocycles. The molecular weight excluding hydrogens is 248 g/mol. The van der Waals surface area contributed by atoms with Crippen LogP contribution in [0, 0.1) is 0 Å². The second-order valence-electron chi connectivity index (χ2n) is 4.81. The van der Waals surface area contributed by atoms with E-state index in [1.165, 1.54) is 11.1 Å². The second kappa shape index (κ2) is 7.59. The average molecular weight is 270 g/mol. The third-order valence-electron chi connectivity index (χ3n) is 3.25. The van der Waals surface area contributed by atoms with Gasteiger partial charge >= 0.3 is 0 Å². The van der Waals surface area contributed by atoms with Crippen LogP contribution in [0.1, 0.15) is 24.5 Å². The van der Waals surface area contributed by atoms with E-state index in [9.17, 15) is 0 Å². The number of ether oxygens (including phenoxy) is 2. The Morgan fingerprint density at radius 3 is 2.60 bits per heavy atom. The lowest BCUT2D eigenvalue weighted by Crippen LogP contribution is -2.00. The molecule has 0 aliphatic carbocycles. The van der Waals surface area contributed by atoms with Gasteiger partial charge in [0.15, 0.2) is 0 Å². The van der Waals surface area contributed by atoms with Crippen molar-refractivity contribution in [2.24, 2.45) is 0 Å². The predicted octanol–water partition coefficient (Wildman–Crippen LogP) is 4.27. The monoisotopic (exact) mass is 270 g/mol. The van der Waals surface area contributed by atoms with Crippen LogP contribution in [-0.4, -0.2) is 13.7 Å². The van der Waals surface area contributed by atoms with Crippen molar-refractivity contribution in [2.45, 2.75) is 26.2 Å². The molecule has 106 valence electrons. The highest BCUT2D eigenvalue weighted by Crippen LogP contribution is 2.21. The summed E-state index contributed by atoms with van der Waals surface area (Å²) in [7, 11) is 1.70. The molecule has 0 aliphatic rings. The highest BCUT2D eigenvalue weighted by molar-refractivity contribution is 5.35. The molecule has 0 unspecified atom stereocenters. The van der Waals surface area contributed by atoms with Gasteiger partial charge in [-0.25, -0.2) is 0 Å². The van der Waals surface area contributed by atoms with Gasteiger partial charge in [-0.2, -0.15) is 0 Å². The van der Waals surface area contributed by atoms with Gasteiger partial charge < -0.3 is 9.47 Å². The van der Waals surface area contributed by atoms with E-state index >= 15 is 0 Å². The smallest absolute Gasteiger partial charge is 0.122 e. The van der Waals surface area contributed by atoms with Gasteiger partial charge in [0.1, 0.15) is 11.5 Å².